The molecule has 7 heteroatoms. The molecule has 0 saturated carbocycles. The molecule has 0 fully saturated rings. The average Bonchev–Trinajstić information content (AvgIpc) is 2.96. The summed E-state index contributed by atoms with van der Waals surface area (Å²) in [6, 6.07) is 6.41. The number of sulfone groups is 1. The van der Waals surface area contributed by atoms with Crippen molar-refractivity contribution in [1.29, 1.82) is 0 Å². The molecule has 1 heterocycles. The van der Waals surface area contributed by atoms with Crippen molar-refractivity contribution in [1.82, 2.24) is 15.6 Å². The van der Waals surface area contributed by atoms with E-state index in [9.17, 15) is 8.42 Å². The number of aryl methyl sites for hydroxylation is 1. The Morgan fingerprint density at radius 1 is 1.22 bits per heavy atom. The number of rotatable bonds is 7. The minimum absolute atomic E-state index is 0.0505. The summed E-state index contributed by atoms with van der Waals surface area (Å²) in [5.41, 5.74) is 3.64. The molecule has 0 spiro atoms. The van der Waals surface area contributed by atoms with Crippen LogP contribution in [0.2, 0.25) is 0 Å². The highest BCUT2D eigenvalue weighted by atomic mass is 32.2. The second kappa shape index (κ2) is 8.78. The van der Waals surface area contributed by atoms with Gasteiger partial charge in [-0.3, -0.25) is 4.99 Å². The number of aromatic amines is 1. The largest absolute Gasteiger partial charge is 0.361 e. The van der Waals surface area contributed by atoms with Crippen molar-refractivity contribution in [3.63, 3.8) is 0 Å². The van der Waals surface area contributed by atoms with Gasteiger partial charge in [0, 0.05) is 30.2 Å². The predicted molar refractivity (Wildman–Crippen MR) is 114 cm³/mol. The zero-order valence-corrected chi connectivity index (χ0v) is 17.8. The van der Waals surface area contributed by atoms with Crippen LogP contribution in [0.5, 0.6) is 0 Å². The lowest BCUT2D eigenvalue weighted by atomic mass is 10.1. The average molecular weight is 393 g/mol. The molecule has 0 aliphatic heterocycles. The van der Waals surface area contributed by atoms with Gasteiger partial charge < -0.3 is 15.6 Å². The summed E-state index contributed by atoms with van der Waals surface area (Å²) in [5, 5.41) is 7.70. The first-order valence-corrected chi connectivity index (χ1v) is 11.1. The molecular formula is C20H32N4O2S. The molecule has 1 aromatic heterocycles. The van der Waals surface area contributed by atoms with Crippen LogP contribution in [0.4, 0.5) is 0 Å². The molecule has 0 amide bonds. The van der Waals surface area contributed by atoms with E-state index >= 15 is 0 Å². The van der Waals surface area contributed by atoms with Crippen LogP contribution in [-0.4, -0.2) is 49.5 Å². The standard InChI is InChI=1S/C20H32N4O2S/c1-6-21-19(23-11-12-27(25,26)20(3,4)5)22-10-9-16-14-24-18-13-15(2)7-8-17(16)18/h7-8,13-14,24H,6,9-12H2,1-5H3,(H2,21,22,23). The van der Waals surface area contributed by atoms with E-state index in [1.807, 2.05) is 13.1 Å². The fourth-order valence-corrected chi connectivity index (χ4v) is 3.69. The number of H-pyrrole nitrogens is 1. The van der Waals surface area contributed by atoms with Crippen LogP contribution in [0.15, 0.2) is 29.4 Å². The second-order valence-electron chi connectivity index (χ2n) is 7.73. The van der Waals surface area contributed by atoms with Gasteiger partial charge >= 0.3 is 0 Å². The monoisotopic (exact) mass is 392 g/mol. The van der Waals surface area contributed by atoms with E-state index in [2.05, 4.69) is 45.7 Å². The molecular weight excluding hydrogens is 360 g/mol. The first-order valence-electron chi connectivity index (χ1n) is 9.45. The number of benzene rings is 1. The van der Waals surface area contributed by atoms with Crippen LogP contribution < -0.4 is 10.6 Å². The van der Waals surface area contributed by atoms with E-state index in [0.717, 1.165) is 25.0 Å². The van der Waals surface area contributed by atoms with E-state index in [1.54, 1.807) is 20.8 Å². The fraction of sp³-hybridized carbons (Fsp3) is 0.550. The molecule has 6 nitrogen and oxygen atoms in total. The lowest BCUT2D eigenvalue weighted by Crippen LogP contribution is -2.39. The first-order chi connectivity index (χ1) is 12.6. The Morgan fingerprint density at radius 2 is 1.96 bits per heavy atom. The van der Waals surface area contributed by atoms with Gasteiger partial charge in [-0.2, -0.15) is 0 Å². The highest BCUT2D eigenvalue weighted by molar-refractivity contribution is 7.92. The number of aromatic nitrogens is 1. The molecule has 0 aliphatic rings. The van der Waals surface area contributed by atoms with E-state index in [4.69, 9.17) is 0 Å². The summed E-state index contributed by atoms with van der Waals surface area (Å²) in [4.78, 5) is 7.73. The predicted octanol–water partition coefficient (Wildman–Crippen LogP) is 2.79. The van der Waals surface area contributed by atoms with Gasteiger partial charge in [0.25, 0.3) is 0 Å². The molecule has 150 valence electrons. The Balaban J connectivity index is 1.93. The van der Waals surface area contributed by atoms with Crippen molar-refractivity contribution in [3.8, 4) is 0 Å². The van der Waals surface area contributed by atoms with Crippen molar-refractivity contribution in [3.05, 3.63) is 35.5 Å². The SMILES string of the molecule is CCNC(=NCCS(=O)(=O)C(C)(C)C)NCCc1c[nH]c2cc(C)ccc12. The lowest BCUT2D eigenvalue weighted by molar-refractivity contribution is 0.560. The van der Waals surface area contributed by atoms with Crippen LogP contribution in [0.3, 0.4) is 0 Å². The fourth-order valence-electron chi connectivity index (χ4n) is 2.75. The normalized spacial score (nSPS) is 13.1. The summed E-state index contributed by atoms with van der Waals surface area (Å²) in [7, 11) is -3.16. The summed E-state index contributed by atoms with van der Waals surface area (Å²) < 4.78 is 23.6. The van der Waals surface area contributed by atoms with Crippen LogP contribution >= 0.6 is 0 Å². The van der Waals surface area contributed by atoms with Crippen molar-refractivity contribution in [2.24, 2.45) is 4.99 Å². The highest BCUT2D eigenvalue weighted by Crippen LogP contribution is 2.19. The van der Waals surface area contributed by atoms with E-state index in [-0.39, 0.29) is 12.3 Å². The number of hydrogen-bond donors (Lipinski definition) is 3. The third kappa shape index (κ3) is 5.73. The summed E-state index contributed by atoms with van der Waals surface area (Å²) in [6.07, 6.45) is 2.90. The van der Waals surface area contributed by atoms with Crippen LogP contribution in [-0.2, 0) is 16.3 Å². The van der Waals surface area contributed by atoms with Crippen LogP contribution in [0.25, 0.3) is 10.9 Å². The van der Waals surface area contributed by atoms with Gasteiger partial charge in [-0.1, -0.05) is 12.1 Å². The molecule has 3 N–H and O–H groups in total. The highest BCUT2D eigenvalue weighted by Gasteiger charge is 2.28. The number of guanidine groups is 1. The van der Waals surface area contributed by atoms with E-state index in [1.165, 1.54) is 16.5 Å². The third-order valence-electron chi connectivity index (χ3n) is 4.52. The number of hydrogen-bond acceptors (Lipinski definition) is 3. The van der Waals surface area contributed by atoms with Crippen molar-refractivity contribution in [2.45, 2.75) is 45.8 Å². The van der Waals surface area contributed by atoms with Gasteiger partial charge in [-0.25, -0.2) is 8.42 Å². The van der Waals surface area contributed by atoms with Gasteiger partial charge in [0.1, 0.15) is 0 Å². The second-order valence-corrected chi connectivity index (χ2v) is 10.6. The topological polar surface area (TPSA) is 86.3 Å². The smallest absolute Gasteiger partial charge is 0.191 e. The number of aliphatic imine (C=N–C) groups is 1. The third-order valence-corrected chi connectivity index (χ3v) is 7.10. The first kappa shape index (κ1) is 21.3. The van der Waals surface area contributed by atoms with Crippen molar-refractivity contribution < 1.29 is 8.42 Å². The number of nitrogens with one attached hydrogen (secondary N) is 3. The molecule has 2 rings (SSSR count). The summed E-state index contributed by atoms with van der Waals surface area (Å²) in [6.45, 7) is 10.9. The van der Waals surface area contributed by atoms with E-state index in [0.29, 0.717) is 5.96 Å². The Hall–Kier alpha value is -2.02. The maximum Gasteiger partial charge on any atom is 0.191 e. The minimum Gasteiger partial charge on any atom is -0.361 e. The maximum absolute atomic E-state index is 12.2. The van der Waals surface area contributed by atoms with Crippen LogP contribution in [0, 0.1) is 6.92 Å². The Bertz CT molecular complexity index is 892. The van der Waals surface area contributed by atoms with Gasteiger partial charge in [-0.05, 0) is 58.2 Å². The molecule has 27 heavy (non-hydrogen) atoms. The van der Waals surface area contributed by atoms with Gasteiger partial charge in [-0.15, -0.1) is 0 Å². The molecule has 2 aromatic rings. The zero-order valence-electron chi connectivity index (χ0n) is 17.0. The molecule has 0 bridgehead atoms. The molecule has 0 atom stereocenters. The number of nitrogens with zero attached hydrogens (tertiary/aromatic N) is 1. The van der Waals surface area contributed by atoms with Gasteiger partial charge in [0.2, 0.25) is 0 Å². The lowest BCUT2D eigenvalue weighted by Gasteiger charge is -2.18. The van der Waals surface area contributed by atoms with Gasteiger partial charge in [0.15, 0.2) is 15.8 Å². The van der Waals surface area contributed by atoms with E-state index < -0.39 is 14.6 Å². The quantitative estimate of drug-likeness (QED) is 0.499. The van der Waals surface area contributed by atoms with Crippen LogP contribution in [0.1, 0.15) is 38.8 Å². The Morgan fingerprint density at radius 3 is 2.63 bits per heavy atom. The zero-order chi connectivity index (χ0) is 20.1. The minimum atomic E-state index is -3.16. The molecule has 1 aromatic carbocycles. The Labute approximate surface area is 162 Å². The van der Waals surface area contributed by atoms with Crippen molar-refractivity contribution >= 4 is 26.7 Å². The number of fused-ring (bicyclic) bond motifs is 1. The molecule has 0 aliphatic carbocycles. The summed E-state index contributed by atoms with van der Waals surface area (Å²) in [5.74, 6) is 0.701. The van der Waals surface area contributed by atoms with Gasteiger partial charge in [0.05, 0.1) is 17.0 Å². The summed E-state index contributed by atoms with van der Waals surface area (Å²) >= 11 is 0. The maximum atomic E-state index is 12.2. The van der Waals surface area contributed by atoms with Crippen molar-refractivity contribution in [2.75, 3.05) is 25.4 Å². The molecule has 0 radical (unpaired) electrons. The molecule has 0 saturated heterocycles. The Kier molecular flexibility index (Phi) is 6.92. The molecule has 0 unspecified atom stereocenters.